The molecule has 1 aromatic heterocycles. The van der Waals surface area contributed by atoms with Gasteiger partial charge < -0.3 is 10.5 Å². The van der Waals surface area contributed by atoms with Crippen molar-refractivity contribution in [2.45, 2.75) is 26.3 Å². The molecule has 0 saturated carbocycles. The van der Waals surface area contributed by atoms with Gasteiger partial charge in [0.05, 0.1) is 18.4 Å². The van der Waals surface area contributed by atoms with Crippen LogP contribution in [0.2, 0.25) is 0 Å². The number of nitrogens with two attached hydrogens (primary N) is 1. The number of nitrogens with zero attached hydrogens (tertiary/aromatic N) is 2. The van der Waals surface area contributed by atoms with E-state index < -0.39 is 0 Å². The molecule has 2 N–H and O–H groups in total. The molecule has 0 bridgehead atoms. The van der Waals surface area contributed by atoms with E-state index in [0.29, 0.717) is 22.7 Å². The van der Waals surface area contributed by atoms with Crippen LogP contribution in [0.3, 0.4) is 0 Å². The van der Waals surface area contributed by atoms with Crippen molar-refractivity contribution in [3.63, 3.8) is 0 Å². The Bertz CT molecular complexity index is 580. The molecule has 0 aliphatic heterocycles. The van der Waals surface area contributed by atoms with Gasteiger partial charge in [-0.2, -0.15) is 5.10 Å². The third-order valence-corrected chi connectivity index (χ3v) is 3.23. The van der Waals surface area contributed by atoms with Crippen LogP contribution in [0, 0.1) is 5.82 Å². The molecule has 1 aromatic carbocycles. The summed E-state index contributed by atoms with van der Waals surface area (Å²) in [5.74, 6) is 0.0431. The second kappa shape index (κ2) is 5.30. The Kier molecular flexibility index (Phi) is 3.74. The lowest BCUT2D eigenvalue weighted by Crippen LogP contribution is -2.04. The average molecular weight is 263 g/mol. The summed E-state index contributed by atoms with van der Waals surface area (Å²) in [7, 11) is 1.50. The molecule has 5 heteroatoms. The first-order valence-corrected chi connectivity index (χ1v) is 6.26. The summed E-state index contributed by atoms with van der Waals surface area (Å²) < 4.78 is 21.0. The Morgan fingerprint density at radius 1 is 1.47 bits per heavy atom. The van der Waals surface area contributed by atoms with E-state index >= 15 is 0 Å². The Labute approximate surface area is 112 Å². The number of anilines is 1. The van der Waals surface area contributed by atoms with Crippen molar-refractivity contribution in [2.75, 3.05) is 12.8 Å². The number of aromatic nitrogens is 2. The Morgan fingerprint density at radius 2 is 2.21 bits per heavy atom. The zero-order chi connectivity index (χ0) is 14.0. The van der Waals surface area contributed by atoms with Gasteiger partial charge in [0, 0.05) is 12.2 Å². The van der Waals surface area contributed by atoms with Gasteiger partial charge in [-0.15, -0.1) is 0 Å². The second-order valence-electron chi connectivity index (χ2n) is 4.49. The zero-order valence-electron chi connectivity index (χ0n) is 11.4. The normalized spacial score (nSPS) is 12.4. The first kappa shape index (κ1) is 13.4. The maximum atomic E-state index is 14.0. The highest BCUT2D eigenvalue weighted by Gasteiger charge is 2.18. The van der Waals surface area contributed by atoms with E-state index in [-0.39, 0.29) is 11.9 Å². The van der Waals surface area contributed by atoms with Gasteiger partial charge in [-0.25, -0.2) is 4.39 Å². The molecular formula is C14H18FN3O. The minimum Gasteiger partial charge on any atom is -0.496 e. The lowest BCUT2D eigenvalue weighted by Gasteiger charge is -2.09. The monoisotopic (exact) mass is 263 g/mol. The van der Waals surface area contributed by atoms with E-state index in [1.807, 2.05) is 6.92 Å². The highest BCUT2D eigenvalue weighted by Crippen LogP contribution is 2.35. The summed E-state index contributed by atoms with van der Waals surface area (Å²) in [6, 6.07) is 4.88. The lowest BCUT2D eigenvalue weighted by molar-refractivity contribution is 0.413. The number of hydrogen-bond donors (Lipinski definition) is 1. The fourth-order valence-electron chi connectivity index (χ4n) is 1.92. The summed E-state index contributed by atoms with van der Waals surface area (Å²) in [5.41, 5.74) is 7.14. The van der Waals surface area contributed by atoms with Crippen LogP contribution in [-0.2, 0) is 0 Å². The third kappa shape index (κ3) is 2.41. The summed E-state index contributed by atoms with van der Waals surface area (Å²) >= 11 is 0. The fourth-order valence-corrected chi connectivity index (χ4v) is 1.92. The maximum Gasteiger partial charge on any atom is 0.136 e. The number of halogens is 1. The van der Waals surface area contributed by atoms with Crippen molar-refractivity contribution in [1.82, 2.24) is 9.78 Å². The van der Waals surface area contributed by atoms with E-state index in [4.69, 9.17) is 10.5 Å². The van der Waals surface area contributed by atoms with E-state index in [1.54, 1.807) is 23.0 Å². The molecule has 19 heavy (non-hydrogen) atoms. The van der Waals surface area contributed by atoms with Gasteiger partial charge in [-0.3, -0.25) is 4.68 Å². The Morgan fingerprint density at radius 3 is 2.84 bits per heavy atom. The Balaban J connectivity index is 2.56. The summed E-state index contributed by atoms with van der Waals surface area (Å²) in [6.07, 6.45) is 2.66. The van der Waals surface area contributed by atoms with Gasteiger partial charge in [0.15, 0.2) is 0 Å². The molecule has 2 aromatic rings. The van der Waals surface area contributed by atoms with Gasteiger partial charge in [0.1, 0.15) is 17.3 Å². The first-order chi connectivity index (χ1) is 9.08. The molecule has 0 aliphatic carbocycles. The van der Waals surface area contributed by atoms with Gasteiger partial charge in [0.2, 0.25) is 0 Å². The van der Waals surface area contributed by atoms with Crippen molar-refractivity contribution < 1.29 is 9.13 Å². The van der Waals surface area contributed by atoms with Gasteiger partial charge >= 0.3 is 0 Å². The minimum atomic E-state index is -0.388. The van der Waals surface area contributed by atoms with Gasteiger partial charge in [0.25, 0.3) is 0 Å². The number of ether oxygens (including phenoxy) is 1. The quantitative estimate of drug-likeness (QED) is 0.921. The molecule has 102 valence electrons. The second-order valence-corrected chi connectivity index (χ2v) is 4.49. The minimum absolute atomic E-state index is 0.216. The summed E-state index contributed by atoms with van der Waals surface area (Å²) in [4.78, 5) is 0. The highest BCUT2D eigenvalue weighted by atomic mass is 19.1. The highest BCUT2D eigenvalue weighted by molar-refractivity contribution is 5.77. The fraction of sp³-hybridized carbons (Fsp3) is 0.357. The largest absolute Gasteiger partial charge is 0.496 e. The molecule has 0 aliphatic rings. The summed E-state index contributed by atoms with van der Waals surface area (Å²) in [6.45, 7) is 4.10. The molecule has 1 heterocycles. The van der Waals surface area contributed by atoms with E-state index in [9.17, 15) is 4.39 Å². The number of nitrogen functional groups attached to an aromatic ring is 1. The molecule has 0 radical (unpaired) electrons. The molecule has 0 fully saturated rings. The van der Waals surface area contributed by atoms with Crippen molar-refractivity contribution in [1.29, 1.82) is 0 Å². The molecule has 4 nitrogen and oxygen atoms in total. The van der Waals surface area contributed by atoms with Crippen molar-refractivity contribution in [3.8, 4) is 17.0 Å². The van der Waals surface area contributed by atoms with Crippen molar-refractivity contribution in [3.05, 3.63) is 30.2 Å². The SMILES string of the molecule is CCC(C)n1cc(N)c(-c2c(F)cccc2OC)n1. The van der Waals surface area contributed by atoms with Crippen LogP contribution in [0.15, 0.2) is 24.4 Å². The number of benzene rings is 1. The van der Waals surface area contributed by atoms with Crippen LogP contribution < -0.4 is 10.5 Å². The predicted molar refractivity (Wildman–Crippen MR) is 73.6 cm³/mol. The van der Waals surface area contributed by atoms with E-state index in [2.05, 4.69) is 12.0 Å². The average Bonchev–Trinajstić information content (AvgIpc) is 2.79. The van der Waals surface area contributed by atoms with Crippen LogP contribution in [0.1, 0.15) is 26.3 Å². The predicted octanol–water partition coefficient (Wildman–Crippen LogP) is 3.25. The van der Waals surface area contributed by atoms with Crippen LogP contribution >= 0.6 is 0 Å². The maximum absolute atomic E-state index is 14.0. The standard InChI is InChI=1S/C14H18FN3O/c1-4-9(2)18-8-11(16)14(17-18)13-10(15)6-5-7-12(13)19-3/h5-9H,4,16H2,1-3H3. The van der Waals surface area contributed by atoms with Crippen molar-refractivity contribution >= 4 is 5.69 Å². The van der Waals surface area contributed by atoms with Crippen LogP contribution in [0.25, 0.3) is 11.3 Å². The molecule has 0 spiro atoms. The number of methoxy groups -OCH3 is 1. The number of rotatable bonds is 4. The van der Waals surface area contributed by atoms with Crippen LogP contribution in [0.4, 0.5) is 10.1 Å². The molecule has 1 unspecified atom stereocenters. The molecule has 2 rings (SSSR count). The van der Waals surface area contributed by atoms with Gasteiger partial charge in [-0.05, 0) is 25.5 Å². The summed E-state index contributed by atoms with van der Waals surface area (Å²) in [5, 5.41) is 4.39. The zero-order valence-corrected chi connectivity index (χ0v) is 11.4. The Hall–Kier alpha value is -2.04. The third-order valence-electron chi connectivity index (χ3n) is 3.23. The van der Waals surface area contributed by atoms with Crippen LogP contribution in [0.5, 0.6) is 5.75 Å². The van der Waals surface area contributed by atoms with Gasteiger partial charge in [-0.1, -0.05) is 13.0 Å². The van der Waals surface area contributed by atoms with E-state index in [0.717, 1.165) is 6.42 Å². The smallest absolute Gasteiger partial charge is 0.136 e. The topological polar surface area (TPSA) is 53.1 Å². The lowest BCUT2D eigenvalue weighted by atomic mass is 10.1. The van der Waals surface area contributed by atoms with E-state index in [1.165, 1.54) is 13.2 Å². The first-order valence-electron chi connectivity index (χ1n) is 6.26. The molecule has 1 atom stereocenters. The molecule has 0 saturated heterocycles. The van der Waals surface area contributed by atoms with Crippen LogP contribution in [-0.4, -0.2) is 16.9 Å². The molecule has 0 amide bonds. The number of hydrogen-bond acceptors (Lipinski definition) is 3. The molecular weight excluding hydrogens is 245 g/mol. The van der Waals surface area contributed by atoms with Crippen molar-refractivity contribution in [2.24, 2.45) is 0 Å².